The minimum Gasteiger partial charge on any atom is -0.337 e. The van der Waals surface area contributed by atoms with Crippen molar-refractivity contribution in [2.24, 2.45) is 0 Å². The van der Waals surface area contributed by atoms with Gasteiger partial charge in [0.05, 0.1) is 23.0 Å². The van der Waals surface area contributed by atoms with Gasteiger partial charge in [-0.25, -0.2) is 26.6 Å². The van der Waals surface area contributed by atoms with Crippen LogP contribution in [0.15, 0.2) is 84.3 Å². The normalized spacial score (nSPS) is 12.5. The van der Waals surface area contributed by atoms with Crippen molar-refractivity contribution in [2.75, 3.05) is 4.31 Å². The first-order chi connectivity index (χ1) is 17.2. The monoisotopic (exact) mass is 533 g/mol. The van der Waals surface area contributed by atoms with Crippen LogP contribution in [-0.2, 0) is 23.0 Å². The lowest BCUT2D eigenvalue weighted by Crippen LogP contribution is -2.34. The molecule has 1 atom stereocenters. The lowest BCUT2D eigenvalue weighted by atomic mass is 10.0. The summed E-state index contributed by atoms with van der Waals surface area (Å²) in [6.45, 7) is 2.17. The van der Waals surface area contributed by atoms with E-state index >= 15 is 0 Å². The number of hydrogen-bond donors (Lipinski definition) is 0. The van der Waals surface area contributed by atoms with Crippen LogP contribution in [0.4, 0.5) is 18.9 Å². The summed E-state index contributed by atoms with van der Waals surface area (Å²) in [6, 6.07) is 11.3. The number of aromatic nitrogens is 2. The Kier molecular flexibility index (Phi) is 7.70. The Morgan fingerprint density at radius 1 is 1.00 bits per heavy atom. The molecule has 0 radical (unpaired) electrons. The molecule has 4 aromatic rings. The molecule has 4 rings (SSSR count). The van der Waals surface area contributed by atoms with E-state index in [1.54, 1.807) is 25.5 Å². The number of benzene rings is 3. The van der Waals surface area contributed by atoms with Gasteiger partial charge in [-0.15, -0.1) is 0 Å². The molecule has 0 bridgehead atoms. The zero-order valence-corrected chi connectivity index (χ0v) is 20.9. The molecule has 0 spiro atoms. The van der Waals surface area contributed by atoms with Crippen molar-refractivity contribution in [1.29, 1.82) is 0 Å². The molecule has 0 aliphatic carbocycles. The molecule has 10 heteroatoms. The van der Waals surface area contributed by atoms with Gasteiger partial charge < -0.3 is 4.57 Å². The highest BCUT2D eigenvalue weighted by atomic mass is 35.5. The topological polar surface area (TPSA) is 55.2 Å². The van der Waals surface area contributed by atoms with Crippen LogP contribution in [-0.4, -0.2) is 18.0 Å². The van der Waals surface area contributed by atoms with E-state index in [2.05, 4.69) is 4.98 Å². The summed E-state index contributed by atoms with van der Waals surface area (Å²) < 4.78 is 73.7. The van der Waals surface area contributed by atoms with Crippen LogP contribution < -0.4 is 4.31 Å². The van der Waals surface area contributed by atoms with Crippen molar-refractivity contribution in [3.8, 4) is 0 Å². The summed E-state index contributed by atoms with van der Waals surface area (Å²) in [5.41, 5.74) is 0.363. The Morgan fingerprint density at radius 2 is 1.72 bits per heavy atom. The van der Waals surface area contributed by atoms with Gasteiger partial charge in [-0.1, -0.05) is 23.7 Å². The second-order valence-electron chi connectivity index (χ2n) is 8.28. The zero-order chi connectivity index (χ0) is 25.9. The zero-order valence-electron chi connectivity index (χ0n) is 19.3. The summed E-state index contributed by atoms with van der Waals surface area (Å²) in [5.74, 6) is -2.14. The summed E-state index contributed by atoms with van der Waals surface area (Å²) >= 11 is 5.91. The number of nitrogens with zero attached hydrogens (tertiary/aromatic N) is 3. The van der Waals surface area contributed by atoms with Gasteiger partial charge in [0.15, 0.2) is 0 Å². The molecule has 0 aliphatic rings. The minimum atomic E-state index is -4.36. The highest BCUT2D eigenvalue weighted by Crippen LogP contribution is 2.36. The van der Waals surface area contributed by atoms with Gasteiger partial charge in [0.25, 0.3) is 10.0 Å². The van der Waals surface area contributed by atoms with Gasteiger partial charge in [0.1, 0.15) is 17.5 Å². The second-order valence-corrected chi connectivity index (χ2v) is 10.5. The number of rotatable bonds is 9. The minimum absolute atomic E-state index is 0.148. The highest BCUT2D eigenvalue weighted by Gasteiger charge is 2.33. The molecule has 0 saturated carbocycles. The number of hydrogen-bond acceptors (Lipinski definition) is 3. The molecule has 36 heavy (non-hydrogen) atoms. The molecule has 1 aromatic heterocycles. The first kappa shape index (κ1) is 25.8. The van der Waals surface area contributed by atoms with Gasteiger partial charge >= 0.3 is 0 Å². The Bertz CT molecular complexity index is 1450. The van der Waals surface area contributed by atoms with E-state index < -0.39 is 39.2 Å². The van der Waals surface area contributed by atoms with Crippen molar-refractivity contribution in [2.45, 2.75) is 37.2 Å². The number of anilines is 1. The molecule has 188 valence electrons. The van der Waals surface area contributed by atoms with E-state index in [1.165, 1.54) is 36.4 Å². The van der Waals surface area contributed by atoms with Crippen LogP contribution in [0.1, 0.15) is 30.5 Å². The molecular weight excluding hydrogens is 511 g/mol. The van der Waals surface area contributed by atoms with Crippen LogP contribution in [0.3, 0.4) is 0 Å². The Morgan fingerprint density at radius 3 is 2.42 bits per heavy atom. The molecule has 0 saturated heterocycles. The average molecular weight is 534 g/mol. The Hall–Kier alpha value is -3.30. The van der Waals surface area contributed by atoms with Crippen LogP contribution in [0.2, 0.25) is 5.02 Å². The number of imidazole rings is 1. The van der Waals surface area contributed by atoms with E-state index in [-0.39, 0.29) is 4.90 Å². The number of aryl methyl sites for hydroxylation is 2. The maximum Gasteiger partial charge on any atom is 0.264 e. The first-order valence-corrected chi connectivity index (χ1v) is 13.0. The molecule has 0 aliphatic heterocycles. The van der Waals surface area contributed by atoms with Crippen LogP contribution in [0.5, 0.6) is 0 Å². The Labute approximate surface area is 212 Å². The van der Waals surface area contributed by atoms with Crippen LogP contribution >= 0.6 is 11.6 Å². The molecule has 0 fully saturated rings. The van der Waals surface area contributed by atoms with Gasteiger partial charge in [0.2, 0.25) is 0 Å². The van der Waals surface area contributed by atoms with E-state index in [0.29, 0.717) is 35.5 Å². The van der Waals surface area contributed by atoms with Crippen LogP contribution in [0.25, 0.3) is 0 Å². The third kappa shape index (κ3) is 5.57. The summed E-state index contributed by atoms with van der Waals surface area (Å²) in [5, 5.41) is 0.323. The van der Waals surface area contributed by atoms with E-state index in [1.807, 2.05) is 10.8 Å². The molecule has 0 unspecified atom stereocenters. The smallest absolute Gasteiger partial charge is 0.264 e. The SMILES string of the molecule is C[C@H](c1ccc(F)c(CCCn2ccnc2)c1)N(c1cc(F)ccc1F)S(=O)(=O)c1ccc(Cl)cc1. The molecular formula is C26H23ClF3N3O2S. The van der Waals surface area contributed by atoms with Gasteiger partial charge in [-0.2, -0.15) is 0 Å². The fourth-order valence-electron chi connectivity index (χ4n) is 3.97. The highest BCUT2D eigenvalue weighted by molar-refractivity contribution is 7.92. The number of halogens is 4. The third-order valence-electron chi connectivity index (χ3n) is 5.84. The van der Waals surface area contributed by atoms with Crippen molar-refractivity contribution in [1.82, 2.24) is 9.55 Å². The summed E-state index contributed by atoms with van der Waals surface area (Å²) in [6.07, 6.45) is 6.15. The average Bonchev–Trinajstić information content (AvgIpc) is 3.36. The fraction of sp³-hybridized carbons (Fsp3) is 0.192. The molecule has 5 nitrogen and oxygen atoms in total. The fourth-order valence-corrected chi connectivity index (χ4v) is 5.74. The Balaban J connectivity index is 1.72. The summed E-state index contributed by atoms with van der Waals surface area (Å²) in [4.78, 5) is 3.83. The van der Waals surface area contributed by atoms with Gasteiger partial charge in [0, 0.05) is 30.0 Å². The number of sulfonamides is 1. The van der Waals surface area contributed by atoms with Crippen molar-refractivity contribution >= 4 is 27.3 Å². The van der Waals surface area contributed by atoms with Crippen LogP contribution in [0, 0.1) is 17.5 Å². The maximum atomic E-state index is 14.9. The molecule has 0 amide bonds. The van der Waals surface area contributed by atoms with Gasteiger partial charge in [-0.05, 0) is 73.4 Å². The van der Waals surface area contributed by atoms with Crippen molar-refractivity contribution in [3.63, 3.8) is 0 Å². The summed E-state index contributed by atoms with van der Waals surface area (Å²) in [7, 11) is -4.36. The standard InChI is InChI=1S/C26H23ClF3N3O2S/c1-18(19-4-10-24(29)20(15-19)3-2-13-32-14-12-31-17-32)33(26-16-22(28)7-11-25(26)30)36(34,35)23-8-5-21(27)6-9-23/h4-12,14-18H,2-3,13H2,1H3/t18-/m1/s1. The second kappa shape index (κ2) is 10.8. The predicted octanol–water partition coefficient (Wildman–Crippen LogP) is 6.54. The quantitative estimate of drug-likeness (QED) is 0.245. The van der Waals surface area contributed by atoms with E-state index in [9.17, 15) is 21.6 Å². The van der Waals surface area contributed by atoms with Crippen molar-refractivity contribution < 1.29 is 21.6 Å². The van der Waals surface area contributed by atoms with E-state index in [4.69, 9.17) is 11.6 Å². The lowest BCUT2D eigenvalue weighted by molar-refractivity contribution is 0.568. The maximum absolute atomic E-state index is 14.9. The molecule has 3 aromatic carbocycles. The van der Waals surface area contributed by atoms with Gasteiger partial charge in [-0.3, -0.25) is 4.31 Å². The first-order valence-electron chi connectivity index (χ1n) is 11.2. The predicted molar refractivity (Wildman–Crippen MR) is 133 cm³/mol. The largest absolute Gasteiger partial charge is 0.337 e. The third-order valence-corrected chi connectivity index (χ3v) is 7.99. The van der Waals surface area contributed by atoms with E-state index in [0.717, 1.165) is 22.5 Å². The van der Waals surface area contributed by atoms with Crippen molar-refractivity contribution in [3.05, 3.63) is 113 Å². The molecule has 1 heterocycles. The molecule has 0 N–H and O–H groups in total. The lowest BCUT2D eigenvalue weighted by Gasteiger charge is -2.31.